The Hall–Kier alpha value is -1.88. The van der Waals surface area contributed by atoms with Gasteiger partial charge in [-0.05, 0) is 50.7 Å². The Kier molecular flexibility index (Phi) is 5.19. The first-order valence-electron chi connectivity index (χ1n) is 8.83. The normalized spacial score (nSPS) is 24.3. The summed E-state index contributed by atoms with van der Waals surface area (Å²) < 4.78 is 4.82. The molecule has 1 aliphatic heterocycles. The third-order valence-corrected chi connectivity index (χ3v) is 5.27. The molecule has 2 aliphatic rings. The van der Waals surface area contributed by atoms with Gasteiger partial charge in [0.15, 0.2) is 0 Å². The number of amides is 1. The highest BCUT2D eigenvalue weighted by molar-refractivity contribution is 5.98. The molecule has 0 unspecified atom stereocenters. The molecule has 1 aromatic rings. The molecule has 1 heterocycles. The molecular weight excluding hydrogens is 304 g/mol. The number of hydrogen-bond donors (Lipinski definition) is 1. The van der Waals surface area contributed by atoms with E-state index in [0.717, 1.165) is 44.3 Å². The van der Waals surface area contributed by atoms with Gasteiger partial charge in [-0.25, -0.2) is 0 Å². The van der Waals surface area contributed by atoms with Crippen molar-refractivity contribution in [3.8, 4) is 0 Å². The number of esters is 1. The number of fused-ring (bicyclic) bond motifs is 1. The molecule has 0 radical (unpaired) electrons. The highest BCUT2D eigenvalue weighted by Crippen LogP contribution is 2.29. The van der Waals surface area contributed by atoms with Gasteiger partial charge in [0.05, 0.1) is 19.1 Å². The van der Waals surface area contributed by atoms with Gasteiger partial charge in [0.2, 0.25) is 5.91 Å². The molecule has 1 aromatic carbocycles. The minimum absolute atomic E-state index is 0.0181. The molecule has 5 nitrogen and oxygen atoms in total. The Morgan fingerprint density at radius 1 is 1.21 bits per heavy atom. The lowest BCUT2D eigenvalue weighted by Crippen LogP contribution is -2.49. The molecule has 1 aliphatic carbocycles. The third-order valence-electron chi connectivity index (χ3n) is 5.27. The molecule has 0 aromatic heterocycles. The number of ether oxygens (including phenoxy) is 1. The van der Waals surface area contributed by atoms with Crippen molar-refractivity contribution in [3.63, 3.8) is 0 Å². The standard InChI is InChI=1S/C19H26N2O3/c1-13(20-16-9-7-15(8-10-16)19(23)24-2)18(22)21-12-11-14-5-3-4-6-17(14)21/h3-6,13,15-16,20H,7-12H2,1-2H3/t13-,15?,16?/m0/s1. The lowest BCUT2D eigenvalue weighted by Gasteiger charge is -2.31. The Balaban J connectivity index is 1.54. The number of benzene rings is 1. The first-order chi connectivity index (χ1) is 11.6. The summed E-state index contributed by atoms with van der Waals surface area (Å²) in [5, 5.41) is 3.46. The zero-order chi connectivity index (χ0) is 17.1. The second kappa shape index (κ2) is 7.34. The van der Waals surface area contributed by atoms with Gasteiger partial charge in [-0.3, -0.25) is 9.59 Å². The van der Waals surface area contributed by atoms with Crippen LogP contribution in [0.4, 0.5) is 5.69 Å². The van der Waals surface area contributed by atoms with E-state index in [-0.39, 0.29) is 23.8 Å². The summed E-state index contributed by atoms with van der Waals surface area (Å²) in [7, 11) is 1.45. The van der Waals surface area contributed by atoms with Gasteiger partial charge in [-0.2, -0.15) is 0 Å². The van der Waals surface area contributed by atoms with Crippen molar-refractivity contribution in [3.05, 3.63) is 29.8 Å². The van der Waals surface area contributed by atoms with E-state index < -0.39 is 0 Å². The summed E-state index contributed by atoms with van der Waals surface area (Å²) in [6.07, 6.45) is 4.41. The number of nitrogens with one attached hydrogen (secondary N) is 1. The highest BCUT2D eigenvalue weighted by atomic mass is 16.5. The number of para-hydroxylation sites is 1. The maximum atomic E-state index is 12.8. The molecule has 1 fully saturated rings. The summed E-state index contributed by atoms with van der Waals surface area (Å²) in [5.41, 5.74) is 2.29. The van der Waals surface area contributed by atoms with Crippen molar-refractivity contribution in [2.24, 2.45) is 5.92 Å². The van der Waals surface area contributed by atoms with Crippen LogP contribution < -0.4 is 10.2 Å². The first kappa shape index (κ1) is 17.0. The van der Waals surface area contributed by atoms with E-state index in [1.807, 2.05) is 30.0 Å². The quantitative estimate of drug-likeness (QED) is 0.861. The van der Waals surface area contributed by atoms with Gasteiger partial charge in [0.1, 0.15) is 0 Å². The molecule has 1 atom stereocenters. The SMILES string of the molecule is COC(=O)C1CCC(N[C@@H](C)C(=O)N2CCc3ccccc32)CC1. The second-order valence-electron chi connectivity index (χ2n) is 6.83. The van der Waals surface area contributed by atoms with Crippen LogP contribution in [0.15, 0.2) is 24.3 Å². The number of nitrogens with zero attached hydrogens (tertiary/aromatic N) is 1. The minimum Gasteiger partial charge on any atom is -0.469 e. The van der Waals surface area contributed by atoms with Gasteiger partial charge in [-0.1, -0.05) is 18.2 Å². The summed E-state index contributed by atoms with van der Waals surface area (Å²) in [6.45, 7) is 2.70. The molecular formula is C19H26N2O3. The van der Waals surface area contributed by atoms with E-state index in [9.17, 15) is 9.59 Å². The van der Waals surface area contributed by atoms with Crippen molar-refractivity contribution >= 4 is 17.6 Å². The van der Waals surface area contributed by atoms with E-state index in [4.69, 9.17) is 4.74 Å². The first-order valence-corrected chi connectivity index (χ1v) is 8.83. The topological polar surface area (TPSA) is 58.6 Å². The number of methoxy groups -OCH3 is 1. The second-order valence-corrected chi connectivity index (χ2v) is 6.83. The fourth-order valence-electron chi connectivity index (χ4n) is 3.89. The Labute approximate surface area is 143 Å². The summed E-state index contributed by atoms with van der Waals surface area (Å²) in [4.78, 5) is 26.3. The monoisotopic (exact) mass is 330 g/mol. The Bertz CT molecular complexity index is 608. The zero-order valence-corrected chi connectivity index (χ0v) is 14.5. The summed E-state index contributed by atoms with van der Waals surface area (Å²) in [6, 6.07) is 8.20. The molecule has 0 saturated heterocycles. The van der Waals surface area contributed by atoms with Crippen LogP contribution in [0.3, 0.4) is 0 Å². The molecule has 1 N–H and O–H groups in total. The maximum Gasteiger partial charge on any atom is 0.308 e. The van der Waals surface area contributed by atoms with Gasteiger partial charge < -0.3 is 15.0 Å². The van der Waals surface area contributed by atoms with Crippen molar-refractivity contribution in [2.75, 3.05) is 18.6 Å². The molecule has 0 bridgehead atoms. The van der Waals surface area contributed by atoms with Crippen LogP contribution in [0.25, 0.3) is 0 Å². The van der Waals surface area contributed by atoms with Gasteiger partial charge >= 0.3 is 5.97 Å². The fraction of sp³-hybridized carbons (Fsp3) is 0.579. The number of carbonyl (C=O) groups is 2. The lowest BCUT2D eigenvalue weighted by atomic mass is 9.86. The zero-order valence-electron chi connectivity index (χ0n) is 14.5. The van der Waals surface area contributed by atoms with Crippen LogP contribution in [-0.2, 0) is 20.7 Å². The van der Waals surface area contributed by atoms with Gasteiger partial charge in [0, 0.05) is 18.3 Å². The van der Waals surface area contributed by atoms with Gasteiger partial charge in [0.25, 0.3) is 0 Å². The van der Waals surface area contributed by atoms with E-state index in [2.05, 4.69) is 11.4 Å². The molecule has 24 heavy (non-hydrogen) atoms. The Morgan fingerprint density at radius 2 is 1.92 bits per heavy atom. The number of carbonyl (C=O) groups excluding carboxylic acids is 2. The maximum absolute atomic E-state index is 12.8. The predicted octanol–water partition coefficient (Wildman–Crippen LogP) is 2.29. The van der Waals surface area contributed by atoms with Crippen molar-refractivity contribution < 1.29 is 14.3 Å². The molecule has 5 heteroatoms. The fourth-order valence-corrected chi connectivity index (χ4v) is 3.89. The van der Waals surface area contributed by atoms with E-state index in [0.29, 0.717) is 6.04 Å². The molecule has 130 valence electrons. The Morgan fingerprint density at radius 3 is 2.62 bits per heavy atom. The average Bonchev–Trinajstić information content (AvgIpc) is 3.05. The van der Waals surface area contributed by atoms with Crippen LogP contribution in [0, 0.1) is 5.92 Å². The summed E-state index contributed by atoms with van der Waals surface area (Å²) in [5.74, 6) is 0.0470. The van der Waals surface area contributed by atoms with Crippen LogP contribution in [0.2, 0.25) is 0 Å². The largest absolute Gasteiger partial charge is 0.469 e. The van der Waals surface area contributed by atoms with Crippen LogP contribution in [0.1, 0.15) is 38.2 Å². The van der Waals surface area contributed by atoms with Crippen molar-refractivity contribution in [2.45, 2.75) is 51.1 Å². The highest BCUT2D eigenvalue weighted by Gasteiger charge is 2.31. The predicted molar refractivity (Wildman–Crippen MR) is 92.9 cm³/mol. The van der Waals surface area contributed by atoms with Gasteiger partial charge in [-0.15, -0.1) is 0 Å². The number of anilines is 1. The van der Waals surface area contributed by atoms with Crippen molar-refractivity contribution in [1.82, 2.24) is 5.32 Å². The molecule has 1 saturated carbocycles. The van der Waals surface area contributed by atoms with E-state index in [1.54, 1.807) is 0 Å². The molecule has 0 spiro atoms. The van der Waals surface area contributed by atoms with E-state index >= 15 is 0 Å². The minimum atomic E-state index is -0.212. The van der Waals surface area contributed by atoms with Crippen LogP contribution in [-0.4, -0.2) is 37.6 Å². The van der Waals surface area contributed by atoms with Crippen molar-refractivity contribution in [1.29, 1.82) is 0 Å². The van der Waals surface area contributed by atoms with E-state index in [1.165, 1.54) is 12.7 Å². The van der Waals surface area contributed by atoms with Crippen LogP contribution in [0.5, 0.6) is 0 Å². The smallest absolute Gasteiger partial charge is 0.308 e. The lowest BCUT2D eigenvalue weighted by molar-refractivity contribution is -0.146. The number of rotatable bonds is 4. The number of hydrogen-bond acceptors (Lipinski definition) is 4. The molecule has 1 amide bonds. The summed E-state index contributed by atoms with van der Waals surface area (Å²) >= 11 is 0. The molecule has 3 rings (SSSR count). The van der Waals surface area contributed by atoms with Crippen LogP contribution >= 0.6 is 0 Å². The third kappa shape index (κ3) is 3.46. The average molecular weight is 330 g/mol.